The maximum atomic E-state index is 11.6. The number of para-hydroxylation sites is 1. The van der Waals surface area contributed by atoms with Crippen LogP contribution in [0.3, 0.4) is 0 Å². The fraction of sp³-hybridized carbons (Fsp3) is 0.417. The number of tetrazole rings is 1. The summed E-state index contributed by atoms with van der Waals surface area (Å²) in [6.45, 7) is 1.94. The zero-order valence-electron chi connectivity index (χ0n) is 11.2. The molecule has 7 nitrogen and oxygen atoms in total. The predicted octanol–water partition coefficient (Wildman–Crippen LogP) is 0.221. The van der Waals surface area contributed by atoms with Crippen LogP contribution in [0.2, 0.25) is 0 Å². The van der Waals surface area contributed by atoms with E-state index in [9.17, 15) is 13.5 Å². The molecular weight excluding hydrogens is 312 g/mol. The highest BCUT2D eigenvalue weighted by Gasteiger charge is 2.38. The number of aryl methyl sites for hydroxylation is 1. The number of rotatable bonds is 3. The lowest BCUT2D eigenvalue weighted by molar-refractivity contribution is 0.207. The van der Waals surface area contributed by atoms with Crippen molar-refractivity contribution in [1.82, 2.24) is 20.2 Å². The molecule has 0 spiro atoms. The standard InChI is InChI=1S/C12H14N4O3S2/c1-8-4-2-3-5-9(8)16-12(13-14-15-16)20-11-7-21(18,19)6-10(11)17/h2-5,10-11,17H,6-7H2,1H3/t10-,11+/m1/s1. The van der Waals surface area contributed by atoms with Crippen molar-refractivity contribution in [3.8, 4) is 5.69 Å². The Labute approximate surface area is 126 Å². The molecule has 9 heteroatoms. The SMILES string of the molecule is Cc1ccccc1-n1nnnc1S[C@H]1CS(=O)(=O)C[C@H]1O. The smallest absolute Gasteiger partial charge is 0.214 e. The van der Waals surface area contributed by atoms with Crippen molar-refractivity contribution in [2.24, 2.45) is 0 Å². The van der Waals surface area contributed by atoms with Gasteiger partial charge in [0.15, 0.2) is 9.84 Å². The number of hydrogen-bond donors (Lipinski definition) is 1. The maximum absolute atomic E-state index is 11.6. The van der Waals surface area contributed by atoms with Crippen LogP contribution in [0.5, 0.6) is 0 Å². The second kappa shape index (κ2) is 5.39. The minimum absolute atomic E-state index is 0.0561. The van der Waals surface area contributed by atoms with E-state index in [2.05, 4.69) is 15.5 Å². The minimum atomic E-state index is -3.18. The second-order valence-electron chi connectivity index (χ2n) is 4.96. The summed E-state index contributed by atoms with van der Waals surface area (Å²) in [5.74, 6) is -0.254. The maximum Gasteiger partial charge on any atom is 0.214 e. The van der Waals surface area contributed by atoms with E-state index in [0.29, 0.717) is 5.16 Å². The number of aliphatic hydroxyl groups excluding tert-OH is 1. The molecule has 0 unspecified atom stereocenters. The van der Waals surface area contributed by atoms with Crippen LogP contribution in [0.1, 0.15) is 5.56 Å². The van der Waals surface area contributed by atoms with E-state index in [1.807, 2.05) is 31.2 Å². The second-order valence-corrected chi connectivity index (χ2v) is 8.32. The van der Waals surface area contributed by atoms with Crippen LogP contribution in [-0.2, 0) is 9.84 Å². The lowest BCUT2D eigenvalue weighted by Crippen LogP contribution is -2.20. The predicted molar refractivity (Wildman–Crippen MR) is 78.2 cm³/mol. The molecule has 0 radical (unpaired) electrons. The molecule has 21 heavy (non-hydrogen) atoms. The minimum Gasteiger partial charge on any atom is -0.391 e. The molecule has 1 aromatic heterocycles. The Hall–Kier alpha value is -1.45. The highest BCUT2D eigenvalue weighted by molar-refractivity contribution is 8.01. The van der Waals surface area contributed by atoms with Gasteiger partial charge in [0.05, 0.1) is 28.5 Å². The Morgan fingerprint density at radius 1 is 1.33 bits per heavy atom. The van der Waals surface area contributed by atoms with Crippen molar-refractivity contribution >= 4 is 21.6 Å². The summed E-state index contributed by atoms with van der Waals surface area (Å²) in [6, 6.07) is 7.63. The number of thioether (sulfide) groups is 1. The van der Waals surface area contributed by atoms with E-state index in [1.54, 1.807) is 4.68 Å². The van der Waals surface area contributed by atoms with Gasteiger partial charge >= 0.3 is 0 Å². The molecule has 1 saturated heterocycles. The molecule has 1 aliphatic rings. The molecule has 3 rings (SSSR count). The Bertz CT molecular complexity index is 759. The number of benzene rings is 1. The number of aromatic nitrogens is 4. The summed E-state index contributed by atoms with van der Waals surface area (Å²) in [6.07, 6.45) is -0.887. The molecule has 1 N–H and O–H groups in total. The number of aliphatic hydroxyl groups is 1. The first-order chi connectivity index (χ1) is 9.96. The van der Waals surface area contributed by atoms with E-state index in [-0.39, 0.29) is 11.5 Å². The van der Waals surface area contributed by atoms with Crippen LogP contribution in [-0.4, -0.2) is 56.6 Å². The molecule has 2 atom stereocenters. The van der Waals surface area contributed by atoms with Crippen LogP contribution in [0, 0.1) is 6.92 Å². The van der Waals surface area contributed by atoms with E-state index < -0.39 is 21.2 Å². The summed E-state index contributed by atoms with van der Waals surface area (Å²) in [5, 5.41) is 21.4. The Kier molecular flexibility index (Phi) is 3.72. The number of nitrogens with zero attached hydrogens (tertiary/aromatic N) is 4. The molecule has 112 valence electrons. The molecule has 1 aromatic carbocycles. The Morgan fingerprint density at radius 3 is 2.76 bits per heavy atom. The topological polar surface area (TPSA) is 98.0 Å². The van der Waals surface area contributed by atoms with Crippen molar-refractivity contribution in [1.29, 1.82) is 0 Å². The summed E-state index contributed by atoms with van der Waals surface area (Å²) in [5.41, 5.74) is 1.84. The van der Waals surface area contributed by atoms with E-state index >= 15 is 0 Å². The van der Waals surface area contributed by atoms with E-state index in [1.165, 1.54) is 11.8 Å². The van der Waals surface area contributed by atoms with Gasteiger partial charge in [0.25, 0.3) is 0 Å². The van der Waals surface area contributed by atoms with Crippen molar-refractivity contribution in [2.75, 3.05) is 11.5 Å². The monoisotopic (exact) mass is 326 g/mol. The first-order valence-electron chi connectivity index (χ1n) is 6.36. The largest absolute Gasteiger partial charge is 0.391 e. The quantitative estimate of drug-likeness (QED) is 0.861. The molecule has 0 saturated carbocycles. The summed E-state index contributed by atoms with van der Waals surface area (Å²) >= 11 is 1.20. The van der Waals surface area contributed by atoms with Crippen molar-refractivity contribution in [3.05, 3.63) is 29.8 Å². The fourth-order valence-corrected chi connectivity index (χ4v) is 5.72. The third-order valence-corrected chi connectivity index (χ3v) is 6.49. The summed E-state index contributed by atoms with van der Waals surface area (Å²) in [7, 11) is -3.18. The van der Waals surface area contributed by atoms with Gasteiger partial charge in [-0.2, -0.15) is 4.68 Å². The summed E-state index contributed by atoms with van der Waals surface area (Å²) < 4.78 is 24.7. The third-order valence-electron chi connectivity index (χ3n) is 3.31. The van der Waals surface area contributed by atoms with Gasteiger partial charge in [-0.3, -0.25) is 0 Å². The highest BCUT2D eigenvalue weighted by atomic mass is 32.2. The van der Waals surface area contributed by atoms with E-state index in [4.69, 9.17) is 0 Å². The van der Waals surface area contributed by atoms with Crippen LogP contribution in [0.4, 0.5) is 0 Å². The third kappa shape index (κ3) is 2.94. The molecule has 2 heterocycles. The van der Waals surface area contributed by atoms with Gasteiger partial charge < -0.3 is 5.11 Å². The van der Waals surface area contributed by atoms with Gasteiger partial charge in [0.1, 0.15) is 0 Å². The van der Waals surface area contributed by atoms with Crippen molar-refractivity contribution in [2.45, 2.75) is 23.4 Å². The Morgan fingerprint density at radius 2 is 2.10 bits per heavy atom. The van der Waals surface area contributed by atoms with Crippen LogP contribution in [0.15, 0.2) is 29.4 Å². The zero-order valence-corrected chi connectivity index (χ0v) is 12.9. The molecule has 1 fully saturated rings. The van der Waals surface area contributed by atoms with Gasteiger partial charge in [-0.15, -0.1) is 5.10 Å². The zero-order chi connectivity index (χ0) is 15.0. The van der Waals surface area contributed by atoms with Gasteiger partial charge in [-0.25, -0.2) is 8.42 Å². The molecule has 0 bridgehead atoms. The van der Waals surface area contributed by atoms with E-state index in [0.717, 1.165) is 11.3 Å². The Balaban J connectivity index is 1.89. The molecule has 0 aliphatic carbocycles. The first-order valence-corrected chi connectivity index (χ1v) is 9.06. The lowest BCUT2D eigenvalue weighted by atomic mass is 10.2. The number of sulfone groups is 1. The average molecular weight is 326 g/mol. The van der Waals surface area contributed by atoms with Gasteiger partial charge in [0, 0.05) is 0 Å². The van der Waals surface area contributed by atoms with Gasteiger partial charge in [0.2, 0.25) is 5.16 Å². The molecule has 2 aromatic rings. The fourth-order valence-electron chi connectivity index (χ4n) is 2.25. The summed E-state index contributed by atoms with van der Waals surface area (Å²) in [4.78, 5) is 0. The lowest BCUT2D eigenvalue weighted by Gasteiger charge is -2.12. The number of hydrogen-bond acceptors (Lipinski definition) is 7. The van der Waals surface area contributed by atoms with Crippen LogP contribution >= 0.6 is 11.8 Å². The van der Waals surface area contributed by atoms with Crippen LogP contribution < -0.4 is 0 Å². The molecule has 1 aliphatic heterocycles. The highest BCUT2D eigenvalue weighted by Crippen LogP contribution is 2.31. The van der Waals surface area contributed by atoms with Crippen LogP contribution in [0.25, 0.3) is 5.69 Å². The van der Waals surface area contributed by atoms with Gasteiger partial charge in [-0.05, 0) is 29.0 Å². The molecular formula is C12H14N4O3S2. The van der Waals surface area contributed by atoms with Gasteiger partial charge in [-0.1, -0.05) is 30.0 Å². The van der Waals surface area contributed by atoms with Crippen molar-refractivity contribution in [3.63, 3.8) is 0 Å². The van der Waals surface area contributed by atoms with Crippen molar-refractivity contribution < 1.29 is 13.5 Å². The normalized spacial score (nSPS) is 24.3. The average Bonchev–Trinajstić information content (AvgIpc) is 2.95. The first kappa shape index (κ1) is 14.5. The molecule has 0 amide bonds.